The Morgan fingerprint density at radius 2 is 1.95 bits per heavy atom. The maximum absolute atomic E-state index is 12.4. The number of nitrogens with one attached hydrogen (secondary N) is 1. The minimum absolute atomic E-state index is 0.144. The molecule has 0 saturated carbocycles. The molecule has 0 radical (unpaired) electrons. The maximum Gasteiger partial charge on any atom is 0.283 e. The van der Waals surface area contributed by atoms with Crippen LogP contribution in [0.1, 0.15) is 30.4 Å². The lowest BCUT2D eigenvalue weighted by Gasteiger charge is -2.47. The highest BCUT2D eigenvalue weighted by Crippen LogP contribution is 2.25. The van der Waals surface area contributed by atoms with E-state index in [0.717, 1.165) is 29.7 Å². The van der Waals surface area contributed by atoms with E-state index in [1.165, 1.54) is 0 Å². The molecule has 1 aliphatic rings. The number of para-hydroxylation sites is 1. The van der Waals surface area contributed by atoms with E-state index in [-0.39, 0.29) is 5.91 Å². The van der Waals surface area contributed by atoms with Gasteiger partial charge in [0.05, 0.1) is 13.6 Å². The SMILES string of the molecule is Cc1cccc(C)c1NC(=O)C1CCCC[N+]1(C)[O-]. The molecule has 1 saturated heterocycles. The van der Waals surface area contributed by atoms with Crippen molar-refractivity contribution in [3.05, 3.63) is 34.5 Å². The van der Waals surface area contributed by atoms with Crippen molar-refractivity contribution in [2.24, 2.45) is 0 Å². The number of likely N-dealkylation sites (N-methyl/N-ethyl adjacent to an activating group) is 1. The number of likely N-dealkylation sites (tertiary alicyclic amines) is 1. The van der Waals surface area contributed by atoms with Crippen LogP contribution in [0.3, 0.4) is 0 Å². The first kappa shape index (κ1) is 14.0. The second-order valence-electron chi connectivity index (χ2n) is 5.67. The van der Waals surface area contributed by atoms with E-state index >= 15 is 0 Å². The Hall–Kier alpha value is -1.39. The predicted molar refractivity (Wildman–Crippen MR) is 76.6 cm³/mol. The van der Waals surface area contributed by atoms with Gasteiger partial charge in [0.2, 0.25) is 0 Å². The number of hydrogen-bond acceptors (Lipinski definition) is 2. The summed E-state index contributed by atoms with van der Waals surface area (Å²) >= 11 is 0. The summed E-state index contributed by atoms with van der Waals surface area (Å²) in [5, 5.41) is 15.3. The van der Waals surface area contributed by atoms with Crippen LogP contribution in [-0.4, -0.2) is 30.2 Å². The van der Waals surface area contributed by atoms with Crippen molar-refractivity contribution in [1.82, 2.24) is 0 Å². The number of benzene rings is 1. The number of quaternary nitrogens is 1. The van der Waals surface area contributed by atoms with Crippen molar-refractivity contribution >= 4 is 11.6 Å². The van der Waals surface area contributed by atoms with E-state index in [9.17, 15) is 10.0 Å². The summed E-state index contributed by atoms with van der Waals surface area (Å²) in [5.74, 6) is -0.144. The molecule has 1 heterocycles. The molecule has 1 amide bonds. The lowest BCUT2D eigenvalue weighted by atomic mass is 10.0. The molecule has 0 aliphatic carbocycles. The largest absolute Gasteiger partial charge is 0.632 e. The molecule has 1 fully saturated rings. The fourth-order valence-corrected chi connectivity index (χ4v) is 2.79. The van der Waals surface area contributed by atoms with Crippen LogP contribution >= 0.6 is 0 Å². The third-order valence-electron chi connectivity index (χ3n) is 4.02. The fraction of sp³-hybridized carbons (Fsp3) is 0.533. The Balaban J connectivity index is 2.17. The molecular weight excluding hydrogens is 240 g/mol. The smallest absolute Gasteiger partial charge is 0.283 e. The molecule has 1 aromatic carbocycles. The van der Waals surface area contributed by atoms with Crippen LogP contribution in [0.5, 0.6) is 0 Å². The zero-order chi connectivity index (χ0) is 14.0. The number of aryl methyl sites for hydroxylation is 2. The van der Waals surface area contributed by atoms with Gasteiger partial charge in [-0.1, -0.05) is 18.2 Å². The van der Waals surface area contributed by atoms with E-state index < -0.39 is 10.7 Å². The quantitative estimate of drug-likeness (QED) is 0.658. The number of piperidine rings is 1. The predicted octanol–water partition coefficient (Wildman–Crippen LogP) is 2.74. The summed E-state index contributed by atoms with van der Waals surface area (Å²) in [6.07, 6.45) is 2.55. The molecule has 1 aliphatic heterocycles. The maximum atomic E-state index is 12.4. The Labute approximate surface area is 114 Å². The Morgan fingerprint density at radius 3 is 2.53 bits per heavy atom. The van der Waals surface area contributed by atoms with E-state index in [2.05, 4.69) is 5.32 Å². The normalized spacial score (nSPS) is 27.1. The molecule has 0 bridgehead atoms. The van der Waals surface area contributed by atoms with Gasteiger partial charge in [-0.05, 0) is 37.8 Å². The van der Waals surface area contributed by atoms with Crippen LogP contribution in [0.4, 0.5) is 5.69 Å². The van der Waals surface area contributed by atoms with Gasteiger partial charge in [0, 0.05) is 12.1 Å². The summed E-state index contributed by atoms with van der Waals surface area (Å²) in [7, 11) is 1.61. The number of hydroxylamine groups is 3. The monoisotopic (exact) mass is 262 g/mol. The molecule has 0 spiro atoms. The van der Waals surface area contributed by atoms with Gasteiger partial charge in [-0.25, -0.2) is 0 Å². The van der Waals surface area contributed by atoms with Crippen LogP contribution in [-0.2, 0) is 4.79 Å². The Bertz CT molecular complexity index is 463. The molecule has 2 unspecified atom stereocenters. The van der Waals surface area contributed by atoms with E-state index in [1.54, 1.807) is 7.05 Å². The molecule has 2 atom stereocenters. The lowest BCUT2D eigenvalue weighted by Crippen LogP contribution is -2.55. The fourth-order valence-electron chi connectivity index (χ4n) is 2.79. The Kier molecular flexibility index (Phi) is 3.92. The summed E-state index contributed by atoms with van der Waals surface area (Å²) in [5.41, 5.74) is 2.91. The lowest BCUT2D eigenvalue weighted by molar-refractivity contribution is -0.881. The third-order valence-corrected chi connectivity index (χ3v) is 4.02. The zero-order valence-electron chi connectivity index (χ0n) is 11.9. The first-order valence-electron chi connectivity index (χ1n) is 6.85. The summed E-state index contributed by atoms with van der Waals surface area (Å²) < 4.78 is -0.448. The van der Waals surface area contributed by atoms with Crippen LogP contribution < -0.4 is 5.32 Å². The van der Waals surface area contributed by atoms with Gasteiger partial charge in [0.1, 0.15) is 0 Å². The van der Waals surface area contributed by atoms with Crippen LogP contribution in [0, 0.1) is 19.1 Å². The van der Waals surface area contributed by atoms with Crippen molar-refractivity contribution in [1.29, 1.82) is 0 Å². The van der Waals surface area contributed by atoms with Gasteiger partial charge in [-0.15, -0.1) is 0 Å². The first-order chi connectivity index (χ1) is 8.92. The topological polar surface area (TPSA) is 52.2 Å². The number of amides is 1. The standard InChI is InChI=1S/C15H22N2O2/c1-11-7-6-8-12(2)14(11)16-15(18)13-9-4-5-10-17(13,3)19/h6-8,13H,4-5,9-10H2,1-3H3,(H,16,18). The van der Waals surface area contributed by atoms with Crippen molar-refractivity contribution in [2.75, 3.05) is 18.9 Å². The molecule has 1 aromatic rings. The van der Waals surface area contributed by atoms with Crippen LogP contribution in [0.15, 0.2) is 18.2 Å². The van der Waals surface area contributed by atoms with Crippen molar-refractivity contribution in [3.8, 4) is 0 Å². The van der Waals surface area contributed by atoms with Crippen molar-refractivity contribution < 1.29 is 9.44 Å². The second kappa shape index (κ2) is 5.31. The van der Waals surface area contributed by atoms with Crippen molar-refractivity contribution in [2.45, 2.75) is 39.2 Å². The summed E-state index contributed by atoms with van der Waals surface area (Å²) in [6.45, 7) is 4.47. The van der Waals surface area contributed by atoms with Crippen LogP contribution in [0.25, 0.3) is 0 Å². The molecule has 2 rings (SSSR count). The summed E-state index contributed by atoms with van der Waals surface area (Å²) in [6, 6.07) is 5.42. The van der Waals surface area contributed by atoms with Crippen LogP contribution in [0.2, 0.25) is 0 Å². The molecule has 1 N–H and O–H groups in total. The molecule has 0 aromatic heterocycles. The minimum Gasteiger partial charge on any atom is -0.632 e. The van der Waals surface area contributed by atoms with Gasteiger partial charge < -0.3 is 15.2 Å². The minimum atomic E-state index is -0.479. The zero-order valence-corrected chi connectivity index (χ0v) is 11.9. The van der Waals surface area contributed by atoms with Gasteiger partial charge in [0.15, 0.2) is 6.04 Å². The summed E-state index contributed by atoms with van der Waals surface area (Å²) in [4.78, 5) is 12.4. The average Bonchev–Trinajstić information content (AvgIpc) is 2.33. The number of carbonyl (C=O) groups is 1. The van der Waals surface area contributed by atoms with Crippen molar-refractivity contribution in [3.63, 3.8) is 0 Å². The van der Waals surface area contributed by atoms with Gasteiger partial charge in [0.25, 0.3) is 5.91 Å². The van der Waals surface area contributed by atoms with E-state index in [4.69, 9.17) is 0 Å². The Morgan fingerprint density at radius 1 is 1.32 bits per heavy atom. The molecular formula is C15H22N2O2. The van der Waals surface area contributed by atoms with E-state index in [0.29, 0.717) is 13.0 Å². The van der Waals surface area contributed by atoms with Gasteiger partial charge in [-0.3, -0.25) is 4.79 Å². The van der Waals surface area contributed by atoms with Gasteiger partial charge >= 0.3 is 0 Å². The average molecular weight is 262 g/mol. The second-order valence-corrected chi connectivity index (χ2v) is 5.67. The number of anilines is 1. The highest BCUT2D eigenvalue weighted by Gasteiger charge is 2.34. The number of hydrogen-bond donors (Lipinski definition) is 1. The highest BCUT2D eigenvalue weighted by molar-refractivity contribution is 5.95. The third kappa shape index (κ3) is 2.96. The number of rotatable bonds is 2. The number of nitrogens with zero attached hydrogens (tertiary/aromatic N) is 1. The highest BCUT2D eigenvalue weighted by atomic mass is 16.5. The molecule has 19 heavy (non-hydrogen) atoms. The van der Waals surface area contributed by atoms with Gasteiger partial charge in [-0.2, -0.15) is 0 Å². The molecule has 4 heteroatoms. The molecule has 104 valence electrons. The first-order valence-corrected chi connectivity index (χ1v) is 6.85. The molecule has 4 nitrogen and oxygen atoms in total. The number of carbonyl (C=O) groups excluding carboxylic acids is 1. The van der Waals surface area contributed by atoms with E-state index in [1.807, 2.05) is 32.0 Å².